The topological polar surface area (TPSA) is 38.0 Å². The van der Waals surface area contributed by atoms with Gasteiger partial charge in [-0.05, 0) is 31.2 Å². The summed E-state index contributed by atoms with van der Waals surface area (Å²) in [6.45, 7) is 8.29. The molecule has 0 saturated heterocycles. The molecule has 0 saturated carbocycles. The van der Waals surface area contributed by atoms with Gasteiger partial charge in [-0.15, -0.1) is 6.58 Å². The minimum Gasteiger partial charge on any atom is -0.271 e. The van der Waals surface area contributed by atoms with Gasteiger partial charge in [0.2, 0.25) is 0 Å². The van der Waals surface area contributed by atoms with Crippen LogP contribution in [0.25, 0.3) is 0 Å². The smallest absolute Gasteiger partial charge is 0.0310 e. The van der Waals surface area contributed by atoms with Gasteiger partial charge < -0.3 is 0 Å². The standard InChI is InChI=1S/C16H26N2/c1-4-7-13-15(18-17)16(5-2,6-3)14-11-9-8-10-12-14/h4,8-12,15,18H,1,5-7,13,17H2,2-3H3. The van der Waals surface area contributed by atoms with Crippen LogP contribution in [-0.4, -0.2) is 6.04 Å². The molecule has 2 heteroatoms. The van der Waals surface area contributed by atoms with Crippen LogP contribution in [0, 0.1) is 0 Å². The Morgan fingerprint density at radius 1 is 1.28 bits per heavy atom. The van der Waals surface area contributed by atoms with Gasteiger partial charge in [-0.3, -0.25) is 11.3 Å². The molecule has 0 aliphatic heterocycles. The number of nitrogens with one attached hydrogen (secondary N) is 1. The third-order valence-corrected chi connectivity index (χ3v) is 4.14. The first-order chi connectivity index (χ1) is 8.75. The number of benzene rings is 1. The van der Waals surface area contributed by atoms with Gasteiger partial charge in [0.15, 0.2) is 0 Å². The molecule has 2 nitrogen and oxygen atoms in total. The van der Waals surface area contributed by atoms with Gasteiger partial charge in [-0.2, -0.15) is 0 Å². The number of rotatable bonds is 8. The summed E-state index contributed by atoms with van der Waals surface area (Å²) in [4.78, 5) is 0. The Balaban J connectivity index is 3.08. The lowest BCUT2D eigenvalue weighted by atomic mass is 9.69. The largest absolute Gasteiger partial charge is 0.271 e. The maximum Gasteiger partial charge on any atom is 0.0310 e. The highest BCUT2D eigenvalue weighted by molar-refractivity contribution is 5.27. The first-order valence-corrected chi connectivity index (χ1v) is 6.87. The minimum atomic E-state index is 0.110. The molecule has 1 atom stereocenters. The SMILES string of the molecule is C=CCCC(NN)C(CC)(CC)c1ccccc1. The zero-order chi connectivity index (χ0) is 13.4. The molecule has 3 N–H and O–H groups in total. The molecule has 100 valence electrons. The molecule has 18 heavy (non-hydrogen) atoms. The van der Waals surface area contributed by atoms with Crippen molar-refractivity contribution >= 4 is 0 Å². The van der Waals surface area contributed by atoms with Crippen LogP contribution in [0.3, 0.4) is 0 Å². The second kappa shape index (κ2) is 7.34. The van der Waals surface area contributed by atoms with Crippen molar-refractivity contribution in [3.63, 3.8) is 0 Å². The maximum absolute atomic E-state index is 5.80. The summed E-state index contributed by atoms with van der Waals surface area (Å²) in [6, 6.07) is 11.0. The highest BCUT2D eigenvalue weighted by atomic mass is 15.2. The minimum absolute atomic E-state index is 0.110. The average Bonchev–Trinajstić information content (AvgIpc) is 2.45. The van der Waals surface area contributed by atoms with Crippen LogP contribution >= 0.6 is 0 Å². The Morgan fingerprint density at radius 3 is 2.33 bits per heavy atom. The van der Waals surface area contributed by atoms with Crippen LogP contribution in [0.5, 0.6) is 0 Å². The monoisotopic (exact) mass is 246 g/mol. The first kappa shape index (κ1) is 14.9. The summed E-state index contributed by atoms with van der Waals surface area (Å²) in [5.74, 6) is 5.80. The normalized spacial score (nSPS) is 13.3. The predicted molar refractivity (Wildman–Crippen MR) is 79.2 cm³/mol. The molecule has 0 radical (unpaired) electrons. The lowest BCUT2D eigenvalue weighted by Gasteiger charge is -2.40. The van der Waals surface area contributed by atoms with Gasteiger partial charge in [0.25, 0.3) is 0 Å². The van der Waals surface area contributed by atoms with Gasteiger partial charge in [0.05, 0.1) is 0 Å². The van der Waals surface area contributed by atoms with E-state index in [1.807, 2.05) is 6.08 Å². The van der Waals surface area contributed by atoms with E-state index >= 15 is 0 Å². The Morgan fingerprint density at radius 2 is 1.89 bits per heavy atom. The van der Waals surface area contributed by atoms with Gasteiger partial charge >= 0.3 is 0 Å². The third kappa shape index (κ3) is 3.01. The van der Waals surface area contributed by atoms with E-state index in [-0.39, 0.29) is 11.5 Å². The van der Waals surface area contributed by atoms with Crippen molar-refractivity contribution < 1.29 is 0 Å². The van der Waals surface area contributed by atoms with Crippen molar-refractivity contribution in [1.29, 1.82) is 0 Å². The lowest BCUT2D eigenvalue weighted by molar-refractivity contribution is 0.261. The number of hydrazine groups is 1. The lowest BCUT2D eigenvalue weighted by Crippen LogP contribution is -2.50. The van der Waals surface area contributed by atoms with Crippen molar-refractivity contribution in [2.75, 3.05) is 0 Å². The van der Waals surface area contributed by atoms with Gasteiger partial charge in [0.1, 0.15) is 0 Å². The van der Waals surface area contributed by atoms with Crippen LogP contribution in [0.15, 0.2) is 43.0 Å². The number of nitrogens with two attached hydrogens (primary N) is 1. The van der Waals surface area contributed by atoms with Gasteiger partial charge in [-0.25, -0.2) is 0 Å². The Kier molecular flexibility index (Phi) is 6.10. The number of allylic oxidation sites excluding steroid dienone is 1. The molecule has 1 aromatic carbocycles. The van der Waals surface area contributed by atoms with E-state index in [2.05, 4.69) is 56.2 Å². The summed E-state index contributed by atoms with van der Waals surface area (Å²) in [6.07, 6.45) is 6.14. The second-order valence-electron chi connectivity index (χ2n) is 4.81. The van der Waals surface area contributed by atoms with Gasteiger partial charge in [0, 0.05) is 11.5 Å². The summed E-state index contributed by atoms with van der Waals surface area (Å²) in [5.41, 5.74) is 4.52. The van der Waals surface area contributed by atoms with Crippen molar-refractivity contribution in [3.8, 4) is 0 Å². The highest BCUT2D eigenvalue weighted by Gasteiger charge is 2.36. The zero-order valence-corrected chi connectivity index (χ0v) is 11.7. The Bertz CT molecular complexity index is 341. The average molecular weight is 246 g/mol. The number of hydrogen-bond acceptors (Lipinski definition) is 2. The van der Waals surface area contributed by atoms with Crippen molar-refractivity contribution in [2.24, 2.45) is 5.84 Å². The van der Waals surface area contributed by atoms with Crippen LogP contribution in [0.2, 0.25) is 0 Å². The predicted octanol–water partition coefficient (Wildman–Crippen LogP) is 3.54. The molecular weight excluding hydrogens is 220 g/mol. The fourth-order valence-electron chi connectivity index (χ4n) is 2.93. The van der Waals surface area contributed by atoms with Gasteiger partial charge in [-0.1, -0.05) is 50.3 Å². The fourth-order valence-corrected chi connectivity index (χ4v) is 2.93. The van der Waals surface area contributed by atoms with E-state index in [4.69, 9.17) is 5.84 Å². The van der Waals surface area contributed by atoms with Crippen molar-refractivity contribution in [3.05, 3.63) is 48.6 Å². The molecule has 1 unspecified atom stereocenters. The molecule has 0 aliphatic carbocycles. The van der Waals surface area contributed by atoms with E-state index in [1.165, 1.54) is 5.56 Å². The molecule has 0 heterocycles. The van der Waals surface area contributed by atoms with E-state index < -0.39 is 0 Å². The second-order valence-corrected chi connectivity index (χ2v) is 4.81. The molecule has 0 aromatic heterocycles. The Hall–Kier alpha value is -1.12. The maximum atomic E-state index is 5.80. The fraction of sp³-hybridized carbons (Fsp3) is 0.500. The summed E-state index contributed by atoms with van der Waals surface area (Å²) < 4.78 is 0. The van der Waals surface area contributed by atoms with Crippen molar-refractivity contribution in [1.82, 2.24) is 5.43 Å². The molecule has 1 rings (SSSR count). The van der Waals surface area contributed by atoms with Crippen LogP contribution in [0.4, 0.5) is 0 Å². The summed E-state index contributed by atoms with van der Waals surface area (Å²) in [7, 11) is 0. The first-order valence-electron chi connectivity index (χ1n) is 6.87. The summed E-state index contributed by atoms with van der Waals surface area (Å²) in [5, 5.41) is 0. The molecule has 0 amide bonds. The molecule has 0 spiro atoms. The van der Waals surface area contributed by atoms with E-state index in [1.54, 1.807) is 0 Å². The molecule has 1 aromatic rings. The number of hydrogen-bond donors (Lipinski definition) is 2. The summed E-state index contributed by atoms with van der Waals surface area (Å²) >= 11 is 0. The quantitative estimate of drug-likeness (QED) is 0.418. The van der Waals surface area contributed by atoms with Crippen LogP contribution in [0.1, 0.15) is 45.1 Å². The van der Waals surface area contributed by atoms with Crippen molar-refractivity contribution in [2.45, 2.75) is 51.0 Å². The zero-order valence-electron chi connectivity index (χ0n) is 11.7. The van der Waals surface area contributed by atoms with Crippen LogP contribution < -0.4 is 11.3 Å². The molecular formula is C16H26N2. The van der Waals surface area contributed by atoms with Crippen LogP contribution in [-0.2, 0) is 5.41 Å². The third-order valence-electron chi connectivity index (χ3n) is 4.14. The van der Waals surface area contributed by atoms with E-state index in [0.717, 1.165) is 25.7 Å². The molecule has 0 bridgehead atoms. The highest BCUT2D eigenvalue weighted by Crippen LogP contribution is 2.36. The Labute approximate surface area is 111 Å². The molecule has 0 fully saturated rings. The van der Waals surface area contributed by atoms with E-state index in [0.29, 0.717) is 0 Å². The van der Waals surface area contributed by atoms with E-state index in [9.17, 15) is 0 Å². The molecule has 0 aliphatic rings.